The molecule has 0 spiro atoms. The Bertz CT molecular complexity index is 572. The topological polar surface area (TPSA) is 84.3 Å². The van der Waals surface area contributed by atoms with Crippen LogP contribution < -0.4 is 10.6 Å². The van der Waals surface area contributed by atoms with Crippen molar-refractivity contribution in [2.24, 2.45) is 5.92 Å². The van der Waals surface area contributed by atoms with Crippen molar-refractivity contribution < 1.29 is 9.72 Å². The van der Waals surface area contributed by atoms with Crippen LogP contribution in [0.25, 0.3) is 0 Å². The highest BCUT2D eigenvalue weighted by atomic mass is 16.6. The minimum atomic E-state index is -0.425. The molecule has 1 fully saturated rings. The molecule has 0 bridgehead atoms. The number of hydrogen-bond acceptors (Lipinski definition) is 4. The van der Waals surface area contributed by atoms with Crippen molar-refractivity contribution in [3.8, 4) is 0 Å². The van der Waals surface area contributed by atoms with E-state index in [-0.39, 0.29) is 17.6 Å². The van der Waals surface area contributed by atoms with E-state index in [0.29, 0.717) is 17.2 Å². The minimum Gasteiger partial charge on any atom is -0.324 e. The Morgan fingerprint density at radius 3 is 2.71 bits per heavy atom. The summed E-state index contributed by atoms with van der Waals surface area (Å²) in [6.45, 7) is 6.49. The van der Waals surface area contributed by atoms with E-state index >= 15 is 0 Å². The zero-order valence-corrected chi connectivity index (χ0v) is 12.6. The van der Waals surface area contributed by atoms with Gasteiger partial charge in [0.15, 0.2) is 0 Å². The first kappa shape index (κ1) is 15.4. The van der Waals surface area contributed by atoms with Crippen LogP contribution in [0.15, 0.2) is 12.1 Å². The smallest absolute Gasteiger partial charge is 0.274 e. The first-order valence-electron chi connectivity index (χ1n) is 7.18. The number of nitro benzene ring substituents is 1. The summed E-state index contributed by atoms with van der Waals surface area (Å²) in [5, 5.41) is 17.0. The van der Waals surface area contributed by atoms with E-state index in [1.165, 1.54) is 6.07 Å². The molecule has 2 N–H and O–H groups in total. The largest absolute Gasteiger partial charge is 0.324 e. The van der Waals surface area contributed by atoms with E-state index in [0.717, 1.165) is 24.9 Å². The Kier molecular flexibility index (Phi) is 4.57. The number of carbonyl (C=O) groups excluding carboxylic acids is 1. The molecule has 1 aromatic carbocycles. The fourth-order valence-corrected chi connectivity index (χ4v) is 2.70. The summed E-state index contributed by atoms with van der Waals surface area (Å²) < 4.78 is 0. The number of anilines is 1. The van der Waals surface area contributed by atoms with Gasteiger partial charge in [-0.3, -0.25) is 14.9 Å². The lowest BCUT2D eigenvalue weighted by Gasteiger charge is -2.27. The molecule has 0 radical (unpaired) electrons. The maximum absolute atomic E-state index is 12.3. The first-order valence-corrected chi connectivity index (χ1v) is 7.18. The highest BCUT2D eigenvalue weighted by Gasteiger charge is 2.25. The number of amides is 1. The van der Waals surface area contributed by atoms with E-state index in [4.69, 9.17) is 0 Å². The molecule has 2 unspecified atom stereocenters. The molecule has 1 aliphatic heterocycles. The molecule has 0 aliphatic carbocycles. The van der Waals surface area contributed by atoms with E-state index in [9.17, 15) is 14.9 Å². The Labute approximate surface area is 124 Å². The Balaban J connectivity index is 2.17. The van der Waals surface area contributed by atoms with Crippen molar-refractivity contribution in [3.05, 3.63) is 33.4 Å². The number of carbonyl (C=O) groups is 1. The summed E-state index contributed by atoms with van der Waals surface area (Å²) in [4.78, 5) is 22.9. The number of aryl methyl sites for hydroxylation is 2. The van der Waals surface area contributed by atoms with Gasteiger partial charge in [0.1, 0.15) is 0 Å². The Hall–Kier alpha value is -1.95. The highest BCUT2D eigenvalue weighted by molar-refractivity contribution is 5.96. The van der Waals surface area contributed by atoms with Gasteiger partial charge in [-0.15, -0.1) is 0 Å². The predicted octanol–water partition coefficient (Wildman–Crippen LogP) is 2.54. The molecule has 6 nitrogen and oxygen atoms in total. The van der Waals surface area contributed by atoms with Crippen LogP contribution in [0.3, 0.4) is 0 Å². The van der Waals surface area contributed by atoms with Gasteiger partial charge in [0.2, 0.25) is 5.91 Å². The number of benzene rings is 1. The fraction of sp³-hybridized carbons (Fsp3) is 0.533. The zero-order chi connectivity index (χ0) is 15.6. The predicted molar refractivity (Wildman–Crippen MR) is 81.4 cm³/mol. The third kappa shape index (κ3) is 3.58. The molecule has 1 aliphatic rings. The lowest BCUT2D eigenvalue weighted by Crippen LogP contribution is -2.45. The normalized spacial score (nSPS) is 21.9. The first-order chi connectivity index (χ1) is 9.88. The summed E-state index contributed by atoms with van der Waals surface area (Å²) in [5.74, 6) is 0.387. The molecular weight excluding hydrogens is 270 g/mol. The van der Waals surface area contributed by atoms with Crippen molar-refractivity contribution in [2.75, 3.05) is 11.9 Å². The third-order valence-corrected chi connectivity index (χ3v) is 3.98. The molecule has 0 saturated carbocycles. The van der Waals surface area contributed by atoms with Gasteiger partial charge in [0.05, 0.1) is 16.7 Å². The van der Waals surface area contributed by atoms with E-state index < -0.39 is 4.92 Å². The number of rotatable bonds is 3. The molecule has 2 atom stereocenters. The SMILES string of the molecule is Cc1cc(C)c([N+](=O)[O-])cc1NC(=O)C1CC(C)CCN1. The average Bonchev–Trinajstić information content (AvgIpc) is 2.41. The van der Waals surface area contributed by atoms with Gasteiger partial charge < -0.3 is 10.6 Å². The van der Waals surface area contributed by atoms with Gasteiger partial charge >= 0.3 is 0 Å². The van der Waals surface area contributed by atoms with Crippen LogP contribution in [0.2, 0.25) is 0 Å². The molecule has 1 aromatic rings. The highest BCUT2D eigenvalue weighted by Crippen LogP contribution is 2.27. The van der Waals surface area contributed by atoms with E-state index in [1.807, 2.05) is 6.92 Å². The fourth-order valence-electron chi connectivity index (χ4n) is 2.70. The number of piperidine rings is 1. The maximum Gasteiger partial charge on any atom is 0.274 e. The molecule has 21 heavy (non-hydrogen) atoms. The molecule has 2 rings (SSSR count). The van der Waals surface area contributed by atoms with Crippen LogP contribution in [0, 0.1) is 29.9 Å². The van der Waals surface area contributed by atoms with Crippen molar-refractivity contribution >= 4 is 17.3 Å². The summed E-state index contributed by atoms with van der Waals surface area (Å²) in [6.07, 6.45) is 1.86. The molecular formula is C15H21N3O3. The van der Waals surface area contributed by atoms with Crippen LogP contribution in [-0.4, -0.2) is 23.4 Å². The molecule has 1 amide bonds. The minimum absolute atomic E-state index is 0.0286. The second-order valence-electron chi connectivity index (χ2n) is 5.84. The number of nitrogens with one attached hydrogen (secondary N) is 2. The molecule has 114 valence electrons. The van der Waals surface area contributed by atoms with Crippen molar-refractivity contribution in [1.82, 2.24) is 5.32 Å². The van der Waals surface area contributed by atoms with Gasteiger partial charge in [-0.25, -0.2) is 0 Å². The Morgan fingerprint density at radius 2 is 2.10 bits per heavy atom. The standard InChI is InChI=1S/C15H21N3O3/c1-9-4-5-16-13(6-9)15(19)17-12-8-14(18(20)21)11(3)7-10(12)2/h7-9,13,16H,4-6H2,1-3H3,(H,17,19). The van der Waals surface area contributed by atoms with Gasteiger partial charge in [0, 0.05) is 11.6 Å². The van der Waals surface area contributed by atoms with Gasteiger partial charge in [-0.1, -0.05) is 6.92 Å². The Morgan fingerprint density at radius 1 is 1.38 bits per heavy atom. The average molecular weight is 291 g/mol. The lowest BCUT2D eigenvalue weighted by atomic mass is 9.94. The van der Waals surface area contributed by atoms with Gasteiger partial charge in [-0.05, 0) is 50.8 Å². The van der Waals surface area contributed by atoms with E-state index in [1.54, 1.807) is 13.0 Å². The summed E-state index contributed by atoms with van der Waals surface area (Å²) in [7, 11) is 0. The summed E-state index contributed by atoms with van der Waals surface area (Å²) in [5.41, 5.74) is 1.97. The van der Waals surface area contributed by atoms with Crippen LogP contribution in [0.5, 0.6) is 0 Å². The van der Waals surface area contributed by atoms with Gasteiger partial charge in [-0.2, -0.15) is 0 Å². The van der Waals surface area contributed by atoms with Crippen molar-refractivity contribution in [2.45, 2.75) is 39.7 Å². The van der Waals surface area contributed by atoms with Crippen LogP contribution in [0.4, 0.5) is 11.4 Å². The van der Waals surface area contributed by atoms with Crippen LogP contribution in [0.1, 0.15) is 30.9 Å². The summed E-state index contributed by atoms with van der Waals surface area (Å²) >= 11 is 0. The molecule has 1 heterocycles. The quantitative estimate of drug-likeness (QED) is 0.662. The second kappa shape index (κ2) is 6.22. The zero-order valence-electron chi connectivity index (χ0n) is 12.6. The number of nitro groups is 1. The molecule has 6 heteroatoms. The maximum atomic E-state index is 12.3. The molecule has 1 saturated heterocycles. The number of nitrogens with zero attached hydrogens (tertiary/aromatic N) is 1. The third-order valence-electron chi connectivity index (χ3n) is 3.98. The van der Waals surface area contributed by atoms with Crippen LogP contribution in [-0.2, 0) is 4.79 Å². The summed E-state index contributed by atoms with van der Waals surface area (Å²) in [6, 6.07) is 2.94. The second-order valence-corrected chi connectivity index (χ2v) is 5.84. The lowest BCUT2D eigenvalue weighted by molar-refractivity contribution is -0.385. The monoisotopic (exact) mass is 291 g/mol. The van der Waals surface area contributed by atoms with Crippen molar-refractivity contribution in [3.63, 3.8) is 0 Å². The number of hydrogen-bond donors (Lipinski definition) is 2. The van der Waals surface area contributed by atoms with Gasteiger partial charge in [0.25, 0.3) is 5.69 Å². The van der Waals surface area contributed by atoms with E-state index in [2.05, 4.69) is 17.6 Å². The van der Waals surface area contributed by atoms with Crippen molar-refractivity contribution in [1.29, 1.82) is 0 Å². The molecule has 0 aromatic heterocycles. The van der Waals surface area contributed by atoms with Crippen LogP contribution >= 0.6 is 0 Å².